The van der Waals surface area contributed by atoms with E-state index in [1.165, 1.54) is 0 Å². The molecule has 2 aromatic carbocycles. The molecule has 1 aliphatic rings. The van der Waals surface area contributed by atoms with Gasteiger partial charge in [-0.3, -0.25) is 4.79 Å². The Kier molecular flexibility index (Phi) is 6.22. The van der Waals surface area contributed by atoms with Crippen molar-refractivity contribution in [2.24, 2.45) is 5.92 Å². The number of ether oxygens (including phenoxy) is 1. The summed E-state index contributed by atoms with van der Waals surface area (Å²) in [7, 11) is 0. The number of rotatable bonds is 4. The van der Waals surface area contributed by atoms with Gasteiger partial charge in [0.1, 0.15) is 0 Å². The lowest BCUT2D eigenvalue weighted by molar-refractivity contribution is -0.122. The third-order valence-electron chi connectivity index (χ3n) is 3.82. The maximum Gasteiger partial charge on any atom is 0.227 e. The van der Waals surface area contributed by atoms with Gasteiger partial charge in [0, 0.05) is 39.1 Å². The van der Waals surface area contributed by atoms with Crippen LogP contribution >= 0.6 is 39.3 Å². The molecule has 6 heteroatoms. The van der Waals surface area contributed by atoms with Crippen LogP contribution in [0, 0.1) is 5.92 Å². The monoisotopic (exact) mass is 425 g/mol. The number of anilines is 1. The quantitative estimate of drug-likeness (QED) is 0.689. The maximum atomic E-state index is 12.3. The minimum absolute atomic E-state index is 0.0379. The summed E-state index contributed by atoms with van der Waals surface area (Å²) in [6.45, 7) is 1.33. The van der Waals surface area contributed by atoms with Gasteiger partial charge in [-0.25, -0.2) is 0 Å². The molecule has 0 radical (unpaired) electrons. The average Bonchev–Trinajstić information content (AvgIpc) is 2.58. The van der Waals surface area contributed by atoms with E-state index in [1.54, 1.807) is 11.8 Å². The molecule has 2 aromatic rings. The van der Waals surface area contributed by atoms with Gasteiger partial charge >= 0.3 is 0 Å². The Balaban J connectivity index is 1.68. The first-order valence-corrected chi connectivity index (χ1v) is 9.72. The molecule has 0 aromatic heterocycles. The molecule has 1 saturated heterocycles. The minimum Gasteiger partial charge on any atom is -0.381 e. The van der Waals surface area contributed by atoms with Crippen molar-refractivity contribution < 1.29 is 9.53 Å². The lowest BCUT2D eigenvalue weighted by Crippen LogP contribution is -2.28. The SMILES string of the molecule is O=C(Nc1cccc(Sc2ccc(Br)cc2Cl)c1)C1CCOCC1. The summed E-state index contributed by atoms with van der Waals surface area (Å²) in [4.78, 5) is 14.3. The molecule has 1 aliphatic heterocycles. The number of hydrogen-bond donors (Lipinski definition) is 1. The summed E-state index contributed by atoms with van der Waals surface area (Å²) in [5.74, 6) is 0.109. The highest BCUT2D eigenvalue weighted by atomic mass is 79.9. The highest BCUT2D eigenvalue weighted by molar-refractivity contribution is 9.10. The van der Waals surface area contributed by atoms with Gasteiger partial charge in [0.25, 0.3) is 0 Å². The summed E-state index contributed by atoms with van der Waals surface area (Å²) in [6, 6.07) is 13.6. The summed E-state index contributed by atoms with van der Waals surface area (Å²) in [5.41, 5.74) is 0.810. The molecule has 0 atom stereocenters. The second-order valence-electron chi connectivity index (χ2n) is 5.58. The van der Waals surface area contributed by atoms with E-state index in [-0.39, 0.29) is 11.8 Å². The smallest absolute Gasteiger partial charge is 0.227 e. The Labute approximate surface area is 159 Å². The zero-order valence-electron chi connectivity index (χ0n) is 12.9. The van der Waals surface area contributed by atoms with Crippen molar-refractivity contribution in [2.75, 3.05) is 18.5 Å². The van der Waals surface area contributed by atoms with Crippen LogP contribution in [0.3, 0.4) is 0 Å². The molecule has 1 amide bonds. The van der Waals surface area contributed by atoms with Crippen molar-refractivity contribution in [1.82, 2.24) is 0 Å². The van der Waals surface area contributed by atoms with E-state index in [1.807, 2.05) is 42.5 Å². The molecular weight excluding hydrogens is 410 g/mol. The van der Waals surface area contributed by atoms with E-state index in [0.29, 0.717) is 18.2 Å². The van der Waals surface area contributed by atoms with Crippen LogP contribution in [0.5, 0.6) is 0 Å². The number of carbonyl (C=O) groups excluding carboxylic acids is 1. The molecule has 24 heavy (non-hydrogen) atoms. The Bertz CT molecular complexity index is 735. The molecule has 1 fully saturated rings. The largest absolute Gasteiger partial charge is 0.381 e. The van der Waals surface area contributed by atoms with Crippen molar-refractivity contribution >= 4 is 50.9 Å². The van der Waals surface area contributed by atoms with Crippen LogP contribution in [-0.4, -0.2) is 19.1 Å². The van der Waals surface area contributed by atoms with E-state index in [0.717, 1.165) is 32.8 Å². The fourth-order valence-corrected chi connectivity index (χ4v) is 4.19. The normalized spacial score (nSPS) is 15.2. The van der Waals surface area contributed by atoms with E-state index in [2.05, 4.69) is 21.2 Å². The summed E-state index contributed by atoms with van der Waals surface area (Å²) >= 11 is 11.3. The molecule has 1 N–H and O–H groups in total. The summed E-state index contributed by atoms with van der Waals surface area (Å²) < 4.78 is 6.26. The second-order valence-corrected chi connectivity index (χ2v) is 8.02. The molecule has 3 rings (SSSR count). The molecule has 0 aliphatic carbocycles. The third-order valence-corrected chi connectivity index (χ3v) is 5.80. The van der Waals surface area contributed by atoms with Gasteiger partial charge in [-0.1, -0.05) is 45.4 Å². The first kappa shape index (κ1) is 17.8. The molecule has 0 spiro atoms. The number of carbonyl (C=O) groups is 1. The van der Waals surface area contributed by atoms with Crippen molar-refractivity contribution in [2.45, 2.75) is 22.6 Å². The highest BCUT2D eigenvalue weighted by Gasteiger charge is 2.21. The zero-order valence-corrected chi connectivity index (χ0v) is 16.1. The third kappa shape index (κ3) is 4.76. The standard InChI is InChI=1S/C18H17BrClNO2S/c19-13-4-5-17(16(20)10-13)24-15-3-1-2-14(11-15)21-18(22)12-6-8-23-9-7-12/h1-5,10-12H,6-9H2,(H,21,22). The van der Waals surface area contributed by atoms with Crippen LogP contribution in [0.2, 0.25) is 5.02 Å². The van der Waals surface area contributed by atoms with Gasteiger partial charge in [0.2, 0.25) is 5.91 Å². The molecule has 0 unspecified atom stereocenters. The molecule has 0 saturated carbocycles. The molecule has 0 bridgehead atoms. The fraction of sp³-hybridized carbons (Fsp3) is 0.278. The summed E-state index contributed by atoms with van der Waals surface area (Å²) in [5, 5.41) is 3.71. The van der Waals surface area contributed by atoms with Gasteiger partial charge in [0.05, 0.1) is 5.02 Å². The first-order chi connectivity index (χ1) is 11.6. The van der Waals surface area contributed by atoms with Crippen molar-refractivity contribution in [1.29, 1.82) is 0 Å². The summed E-state index contributed by atoms with van der Waals surface area (Å²) in [6.07, 6.45) is 1.57. The van der Waals surface area contributed by atoms with Gasteiger partial charge in [-0.05, 0) is 49.2 Å². The number of nitrogens with one attached hydrogen (secondary N) is 1. The Hall–Kier alpha value is -1.01. The topological polar surface area (TPSA) is 38.3 Å². The number of benzene rings is 2. The van der Waals surface area contributed by atoms with Crippen molar-refractivity contribution in [3.63, 3.8) is 0 Å². The Morgan fingerprint density at radius 2 is 2.00 bits per heavy atom. The van der Waals surface area contributed by atoms with Gasteiger partial charge < -0.3 is 10.1 Å². The van der Waals surface area contributed by atoms with Gasteiger partial charge in [-0.2, -0.15) is 0 Å². The van der Waals surface area contributed by atoms with Crippen LogP contribution in [0.1, 0.15) is 12.8 Å². The highest BCUT2D eigenvalue weighted by Crippen LogP contribution is 2.35. The van der Waals surface area contributed by atoms with E-state index >= 15 is 0 Å². The van der Waals surface area contributed by atoms with Gasteiger partial charge in [-0.15, -0.1) is 0 Å². The van der Waals surface area contributed by atoms with E-state index in [9.17, 15) is 4.79 Å². The average molecular weight is 427 g/mol. The lowest BCUT2D eigenvalue weighted by Gasteiger charge is -2.21. The Morgan fingerprint density at radius 3 is 2.75 bits per heavy atom. The fourth-order valence-electron chi connectivity index (χ4n) is 2.53. The maximum absolute atomic E-state index is 12.3. The minimum atomic E-state index is 0.0379. The van der Waals surface area contributed by atoms with Crippen molar-refractivity contribution in [3.05, 3.63) is 52.0 Å². The number of halogens is 2. The van der Waals surface area contributed by atoms with Crippen LogP contribution in [0.25, 0.3) is 0 Å². The zero-order chi connectivity index (χ0) is 16.9. The van der Waals surface area contributed by atoms with Crippen LogP contribution in [-0.2, 0) is 9.53 Å². The van der Waals surface area contributed by atoms with Gasteiger partial charge in [0.15, 0.2) is 0 Å². The molecule has 3 nitrogen and oxygen atoms in total. The second kappa shape index (κ2) is 8.39. The first-order valence-electron chi connectivity index (χ1n) is 7.73. The lowest BCUT2D eigenvalue weighted by atomic mass is 9.99. The molecule has 126 valence electrons. The number of hydrogen-bond acceptors (Lipinski definition) is 3. The molecule has 1 heterocycles. The van der Waals surface area contributed by atoms with E-state index < -0.39 is 0 Å². The molecular formula is C18H17BrClNO2S. The predicted octanol–water partition coefficient (Wildman–Crippen LogP) is 5.62. The van der Waals surface area contributed by atoms with E-state index in [4.69, 9.17) is 16.3 Å². The van der Waals surface area contributed by atoms with Crippen LogP contribution in [0.4, 0.5) is 5.69 Å². The van der Waals surface area contributed by atoms with Crippen molar-refractivity contribution in [3.8, 4) is 0 Å². The van der Waals surface area contributed by atoms with Crippen LogP contribution in [0.15, 0.2) is 56.7 Å². The van der Waals surface area contributed by atoms with Crippen LogP contribution < -0.4 is 5.32 Å². The number of amides is 1. The predicted molar refractivity (Wildman–Crippen MR) is 102 cm³/mol. The Morgan fingerprint density at radius 1 is 1.21 bits per heavy atom.